The number of carbonyl (C=O) groups is 1. The highest BCUT2D eigenvalue weighted by Crippen LogP contribution is 2.23. The van der Waals surface area contributed by atoms with Crippen molar-refractivity contribution in [1.29, 1.82) is 0 Å². The van der Waals surface area contributed by atoms with Crippen LogP contribution in [-0.4, -0.2) is 23.0 Å². The Balaban J connectivity index is 2.26. The van der Waals surface area contributed by atoms with E-state index >= 15 is 0 Å². The van der Waals surface area contributed by atoms with Crippen LogP contribution in [0.5, 0.6) is 0 Å². The normalized spacial score (nSPS) is 12.6. The summed E-state index contributed by atoms with van der Waals surface area (Å²) in [6.07, 6.45) is 3.09. The Labute approximate surface area is 116 Å². The summed E-state index contributed by atoms with van der Waals surface area (Å²) in [6, 6.07) is 5.38. The number of nitrogens with zero attached hydrogens (tertiary/aromatic N) is 1. The van der Waals surface area contributed by atoms with Crippen molar-refractivity contribution in [3.05, 3.63) is 59.3 Å². The van der Waals surface area contributed by atoms with E-state index in [2.05, 4.69) is 0 Å². The minimum atomic E-state index is -1.01. The molecule has 106 valence electrons. The second kappa shape index (κ2) is 5.88. The van der Waals surface area contributed by atoms with Crippen LogP contribution in [-0.2, 0) is 11.3 Å². The smallest absolute Gasteiger partial charge is 0.325 e. The Kier molecular flexibility index (Phi) is 4.20. The molecule has 0 fully saturated rings. The summed E-state index contributed by atoms with van der Waals surface area (Å²) in [5.41, 5.74) is 1.79. The van der Waals surface area contributed by atoms with Gasteiger partial charge in [-0.05, 0) is 37.2 Å². The van der Waals surface area contributed by atoms with Gasteiger partial charge < -0.3 is 9.52 Å². The van der Waals surface area contributed by atoms with Gasteiger partial charge >= 0.3 is 5.97 Å². The number of carboxylic acids is 1. The number of benzene rings is 1. The Morgan fingerprint density at radius 3 is 2.75 bits per heavy atom. The van der Waals surface area contributed by atoms with Crippen LogP contribution in [0.25, 0.3) is 0 Å². The molecule has 0 spiro atoms. The van der Waals surface area contributed by atoms with Gasteiger partial charge in [0.15, 0.2) is 0 Å². The molecule has 0 saturated heterocycles. The number of hydrogen-bond donors (Lipinski definition) is 1. The Morgan fingerprint density at radius 2 is 2.20 bits per heavy atom. The van der Waals surface area contributed by atoms with Gasteiger partial charge in [0.05, 0.1) is 12.5 Å². The Bertz CT molecular complexity index is 595. The molecule has 2 rings (SSSR count). The van der Waals surface area contributed by atoms with Crippen LogP contribution in [0.2, 0.25) is 0 Å². The average Bonchev–Trinajstić information content (AvgIpc) is 2.86. The molecule has 5 heteroatoms. The van der Waals surface area contributed by atoms with Crippen LogP contribution in [0, 0.1) is 12.7 Å². The third kappa shape index (κ3) is 3.05. The standard InChI is InChI=1S/C15H16FNO3/c1-10-3-4-12(7-13(10)16)14(15(18)19)17(2)8-11-5-6-20-9-11/h3-7,9,14H,8H2,1-2H3,(H,18,19). The number of aryl methyl sites for hydroxylation is 1. The molecule has 0 bridgehead atoms. The number of hydrogen-bond acceptors (Lipinski definition) is 3. The van der Waals surface area contributed by atoms with Gasteiger partial charge in [-0.15, -0.1) is 0 Å². The zero-order chi connectivity index (χ0) is 14.7. The molecule has 20 heavy (non-hydrogen) atoms. The van der Waals surface area contributed by atoms with E-state index in [4.69, 9.17) is 4.42 Å². The minimum absolute atomic E-state index is 0.398. The van der Waals surface area contributed by atoms with Crippen LogP contribution in [0.1, 0.15) is 22.7 Å². The Morgan fingerprint density at radius 1 is 1.45 bits per heavy atom. The number of rotatable bonds is 5. The molecule has 1 heterocycles. The maximum atomic E-state index is 13.6. The third-order valence-corrected chi connectivity index (χ3v) is 3.20. The van der Waals surface area contributed by atoms with Crippen LogP contribution >= 0.6 is 0 Å². The fraction of sp³-hybridized carbons (Fsp3) is 0.267. The lowest BCUT2D eigenvalue weighted by Gasteiger charge is -2.24. The van der Waals surface area contributed by atoms with Gasteiger partial charge in [-0.3, -0.25) is 9.69 Å². The molecule has 1 atom stereocenters. The third-order valence-electron chi connectivity index (χ3n) is 3.20. The SMILES string of the molecule is Cc1ccc(C(C(=O)O)N(C)Cc2ccoc2)cc1F. The molecule has 4 nitrogen and oxygen atoms in total. The van der Waals surface area contributed by atoms with Gasteiger partial charge in [-0.25, -0.2) is 4.39 Å². The summed E-state index contributed by atoms with van der Waals surface area (Å²) in [5.74, 6) is -1.41. The van der Waals surface area contributed by atoms with Crippen LogP contribution in [0.3, 0.4) is 0 Å². The van der Waals surface area contributed by atoms with E-state index < -0.39 is 17.8 Å². The molecule has 0 aliphatic rings. The van der Waals surface area contributed by atoms with E-state index in [0.717, 1.165) is 5.56 Å². The monoisotopic (exact) mass is 277 g/mol. The van der Waals surface area contributed by atoms with Crippen LogP contribution < -0.4 is 0 Å². The summed E-state index contributed by atoms with van der Waals surface area (Å²) in [4.78, 5) is 13.1. The van der Waals surface area contributed by atoms with Crippen LogP contribution in [0.15, 0.2) is 41.2 Å². The molecule has 1 N–H and O–H groups in total. The van der Waals surface area contributed by atoms with E-state index in [-0.39, 0.29) is 0 Å². The van der Waals surface area contributed by atoms with Crippen molar-refractivity contribution in [2.24, 2.45) is 0 Å². The van der Waals surface area contributed by atoms with Crippen LogP contribution in [0.4, 0.5) is 4.39 Å². The van der Waals surface area contributed by atoms with Gasteiger partial charge in [0.1, 0.15) is 11.9 Å². The zero-order valence-corrected chi connectivity index (χ0v) is 11.3. The maximum Gasteiger partial charge on any atom is 0.325 e. The van der Waals surface area contributed by atoms with Crippen molar-refractivity contribution in [3.8, 4) is 0 Å². The van der Waals surface area contributed by atoms with Crippen molar-refractivity contribution in [2.45, 2.75) is 19.5 Å². The predicted octanol–water partition coefficient (Wildman–Crippen LogP) is 2.98. The van der Waals surface area contributed by atoms with Crippen molar-refractivity contribution in [2.75, 3.05) is 7.05 Å². The highest BCUT2D eigenvalue weighted by atomic mass is 19.1. The summed E-state index contributed by atoms with van der Waals surface area (Å²) in [7, 11) is 1.68. The lowest BCUT2D eigenvalue weighted by molar-refractivity contribution is -0.143. The van der Waals surface area contributed by atoms with Gasteiger partial charge in [-0.2, -0.15) is 0 Å². The quantitative estimate of drug-likeness (QED) is 0.912. The Hall–Kier alpha value is -2.14. The maximum absolute atomic E-state index is 13.6. The summed E-state index contributed by atoms with van der Waals surface area (Å²) < 4.78 is 18.6. The molecule has 1 aromatic heterocycles. The first-order valence-electron chi connectivity index (χ1n) is 6.19. The lowest BCUT2D eigenvalue weighted by Crippen LogP contribution is -2.30. The molecular weight excluding hydrogens is 261 g/mol. The summed E-state index contributed by atoms with van der Waals surface area (Å²) in [6.45, 7) is 2.05. The molecule has 0 aliphatic carbocycles. The molecule has 2 aromatic rings. The first-order chi connectivity index (χ1) is 9.49. The molecule has 0 saturated carbocycles. The number of furan rings is 1. The van der Waals surface area contributed by atoms with Gasteiger partial charge in [0.25, 0.3) is 0 Å². The van der Waals surface area contributed by atoms with Gasteiger partial charge in [0.2, 0.25) is 0 Å². The largest absolute Gasteiger partial charge is 0.480 e. The van der Waals surface area contributed by atoms with E-state index in [1.54, 1.807) is 43.3 Å². The molecule has 1 unspecified atom stereocenters. The number of halogens is 1. The van der Waals surface area contributed by atoms with Crippen molar-refractivity contribution >= 4 is 5.97 Å². The second-order valence-corrected chi connectivity index (χ2v) is 4.80. The summed E-state index contributed by atoms with van der Waals surface area (Å²) in [5, 5.41) is 9.40. The minimum Gasteiger partial charge on any atom is -0.480 e. The first-order valence-corrected chi connectivity index (χ1v) is 6.19. The highest BCUT2D eigenvalue weighted by molar-refractivity contribution is 5.75. The fourth-order valence-corrected chi connectivity index (χ4v) is 2.13. The predicted molar refractivity (Wildman–Crippen MR) is 71.7 cm³/mol. The molecular formula is C15H16FNO3. The second-order valence-electron chi connectivity index (χ2n) is 4.80. The van der Waals surface area contributed by atoms with E-state index in [0.29, 0.717) is 17.7 Å². The van der Waals surface area contributed by atoms with E-state index in [1.807, 2.05) is 0 Å². The molecule has 0 radical (unpaired) electrons. The number of aliphatic carboxylic acids is 1. The first kappa shape index (κ1) is 14.3. The van der Waals surface area contributed by atoms with Crippen molar-refractivity contribution in [1.82, 2.24) is 4.90 Å². The van der Waals surface area contributed by atoms with Gasteiger partial charge in [-0.1, -0.05) is 12.1 Å². The molecule has 1 aromatic carbocycles. The van der Waals surface area contributed by atoms with Gasteiger partial charge in [0, 0.05) is 12.1 Å². The lowest BCUT2D eigenvalue weighted by atomic mass is 10.0. The fourth-order valence-electron chi connectivity index (χ4n) is 2.13. The zero-order valence-electron chi connectivity index (χ0n) is 11.3. The number of carboxylic acid groups (broad SMARTS) is 1. The van der Waals surface area contributed by atoms with E-state index in [1.165, 1.54) is 12.3 Å². The van der Waals surface area contributed by atoms with E-state index in [9.17, 15) is 14.3 Å². The number of likely N-dealkylation sites (N-methyl/N-ethyl adjacent to an activating group) is 1. The molecule has 0 amide bonds. The summed E-state index contributed by atoms with van der Waals surface area (Å²) >= 11 is 0. The van der Waals surface area contributed by atoms with Crippen molar-refractivity contribution < 1.29 is 18.7 Å². The molecule has 0 aliphatic heterocycles. The highest BCUT2D eigenvalue weighted by Gasteiger charge is 2.25. The average molecular weight is 277 g/mol. The topological polar surface area (TPSA) is 53.7 Å². The van der Waals surface area contributed by atoms with Crippen molar-refractivity contribution in [3.63, 3.8) is 0 Å².